The van der Waals surface area contributed by atoms with Crippen LogP contribution in [0.15, 0.2) is 23.0 Å². The van der Waals surface area contributed by atoms with E-state index in [0.29, 0.717) is 22.5 Å². The highest BCUT2D eigenvalue weighted by Gasteiger charge is 2.45. The van der Waals surface area contributed by atoms with Crippen molar-refractivity contribution in [2.24, 2.45) is 5.73 Å². The average Bonchev–Trinajstić information content (AvgIpc) is 3.08. The molecule has 0 amide bonds. The zero-order valence-corrected chi connectivity index (χ0v) is 17.5. The number of benzene rings is 1. The first-order valence-corrected chi connectivity index (χ1v) is 10.2. The van der Waals surface area contributed by atoms with Crippen LogP contribution in [0.2, 0.25) is 0 Å². The maximum absolute atomic E-state index is 14.3. The standard InChI is InChI=1S/C23H22FN3O4/c1-4-23(30)15-6-18-20-13(8-27(18)21(28)14(15)9-31-22(23)29)19(11(3)25)12-5-10(2)16(24)7-17(12)26-20/h5-7,11,30H,4,8-9,25H2,1-3H3/t11?,23-/m0/s1. The van der Waals surface area contributed by atoms with E-state index in [1.54, 1.807) is 30.5 Å². The zero-order valence-electron chi connectivity index (χ0n) is 17.5. The molecule has 0 fully saturated rings. The van der Waals surface area contributed by atoms with Crippen molar-refractivity contribution in [3.8, 4) is 11.4 Å². The number of fused-ring (bicyclic) bond motifs is 5. The van der Waals surface area contributed by atoms with Gasteiger partial charge in [-0.25, -0.2) is 14.2 Å². The van der Waals surface area contributed by atoms with Crippen LogP contribution in [0, 0.1) is 12.7 Å². The lowest BCUT2D eigenvalue weighted by Gasteiger charge is -2.31. The van der Waals surface area contributed by atoms with Crippen molar-refractivity contribution in [2.75, 3.05) is 0 Å². The molecule has 0 saturated carbocycles. The topological polar surface area (TPSA) is 107 Å². The van der Waals surface area contributed by atoms with Gasteiger partial charge in [0.2, 0.25) is 0 Å². The van der Waals surface area contributed by atoms with Crippen LogP contribution in [0.25, 0.3) is 22.3 Å². The Morgan fingerprint density at radius 3 is 2.74 bits per heavy atom. The lowest BCUT2D eigenvalue weighted by atomic mass is 9.86. The van der Waals surface area contributed by atoms with Gasteiger partial charge >= 0.3 is 5.97 Å². The molecule has 4 heterocycles. The summed E-state index contributed by atoms with van der Waals surface area (Å²) >= 11 is 0. The number of carbonyl (C=O) groups excluding carboxylic acids is 1. The molecule has 3 N–H and O–H groups in total. The van der Waals surface area contributed by atoms with Gasteiger partial charge < -0.3 is 20.1 Å². The molecule has 1 unspecified atom stereocenters. The van der Waals surface area contributed by atoms with Crippen molar-refractivity contribution >= 4 is 16.9 Å². The molecule has 0 bridgehead atoms. The molecule has 2 aliphatic heterocycles. The first-order chi connectivity index (χ1) is 14.7. The van der Waals surface area contributed by atoms with Gasteiger partial charge in [-0.05, 0) is 43.5 Å². The summed E-state index contributed by atoms with van der Waals surface area (Å²) in [5.41, 5.74) is 8.10. The molecule has 2 atom stereocenters. The van der Waals surface area contributed by atoms with E-state index >= 15 is 0 Å². The van der Waals surface area contributed by atoms with Crippen molar-refractivity contribution in [2.45, 2.75) is 52.0 Å². The van der Waals surface area contributed by atoms with Crippen molar-refractivity contribution in [1.29, 1.82) is 0 Å². The fourth-order valence-corrected chi connectivity index (χ4v) is 4.76. The smallest absolute Gasteiger partial charge is 0.343 e. The minimum atomic E-state index is -1.89. The Bertz CT molecular complexity index is 1360. The van der Waals surface area contributed by atoms with E-state index in [1.807, 2.05) is 6.92 Å². The molecule has 0 spiro atoms. The predicted molar refractivity (Wildman–Crippen MR) is 112 cm³/mol. The number of pyridine rings is 2. The van der Waals surface area contributed by atoms with Gasteiger partial charge in [0.15, 0.2) is 5.60 Å². The van der Waals surface area contributed by atoms with Crippen LogP contribution in [0.1, 0.15) is 54.1 Å². The Labute approximate surface area is 177 Å². The lowest BCUT2D eigenvalue weighted by molar-refractivity contribution is -0.172. The largest absolute Gasteiger partial charge is 0.458 e. The second kappa shape index (κ2) is 6.45. The summed E-state index contributed by atoms with van der Waals surface area (Å²) in [6.45, 7) is 5.24. The Balaban J connectivity index is 1.86. The van der Waals surface area contributed by atoms with Gasteiger partial charge in [0.25, 0.3) is 5.56 Å². The minimum Gasteiger partial charge on any atom is -0.458 e. The van der Waals surface area contributed by atoms with Crippen molar-refractivity contribution in [1.82, 2.24) is 9.55 Å². The highest BCUT2D eigenvalue weighted by Crippen LogP contribution is 2.41. The number of rotatable bonds is 2. The first-order valence-electron chi connectivity index (χ1n) is 10.2. The number of halogens is 1. The minimum absolute atomic E-state index is 0.0648. The van der Waals surface area contributed by atoms with E-state index in [4.69, 9.17) is 10.5 Å². The molecule has 8 heteroatoms. The predicted octanol–water partition coefficient (Wildman–Crippen LogP) is 2.55. The Kier molecular flexibility index (Phi) is 4.13. The lowest BCUT2D eigenvalue weighted by Crippen LogP contribution is -2.44. The molecule has 0 radical (unpaired) electrons. The fourth-order valence-electron chi connectivity index (χ4n) is 4.76. The Hall–Kier alpha value is -3.10. The van der Waals surface area contributed by atoms with E-state index < -0.39 is 11.6 Å². The summed E-state index contributed by atoms with van der Waals surface area (Å²) in [5, 5.41) is 11.7. The van der Waals surface area contributed by atoms with Crippen molar-refractivity contribution in [3.05, 3.63) is 62.2 Å². The molecular formula is C23H22FN3O4. The number of hydrogen-bond donors (Lipinski definition) is 2. The van der Waals surface area contributed by atoms with Gasteiger partial charge in [-0.1, -0.05) is 6.92 Å². The average molecular weight is 423 g/mol. The maximum atomic E-state index is 14.3. The normalized spacial score (nSPS) is 20.3. The molecule has 0 saturated heterocycles. The van der Waals surface area contributed by atoms with E-state index in [9.17, 15) is 19.1 Å². The van der Waals surface area contributed by atoms with Crippen LogP contribution >= 0.6 is 0 Å². The molecule has 0 aliphatic carbocycles. The second-order valence-electron chi connectivity index (χ2n) is 8.36. The van der Waals surface area contributed by atoms with Gasteiger partial charge in [-0.2, -0.15) is 0 Å². The van der Waals surface area contributed by atoms with E-state index in [0.717, 1.165) is 16.5 Å². The van der Waals surface area contributed by atoms with Crippen molar-refractivity contribution < 1.29 is 19.0 Å². The summed E-state index contributed by atoms with van der Waals surface area (Å²) < 4.78 is 21.0. The van der Waals surface area contributed by atoms with Crippen LogP contribution in [-0.2, 0) is 28.3 Å². The third-order valence-electron chi connectivity index (χ3n) is 6.47. The van der Waals surface area contributed by atoms with Crippen LogP contribution in [0.5, 0.6) is 0 Å². The number of aromatic nitrogens is 2. The van der Waals surface area contributed by atoms with E-state index in [-0.39, 0.29) is 48.1 Å². The van der Waals surface area contributed by atoms with Gasteiger partial charge in [0, 0.05) is 28.6 Å². The monoisotopic (exact) mass is 423 g/mol. The van der Waals surface area contributed by atoms with Gasteiger partial charge in [0.1, 0.15) is 12.4 Å². The summed E-state index contributed by atoms with van der Waals surface area (Å²) in [5.74, 6) is -1.15. The number of aryl methyl sites for hydroxylation is 1. The molecule has 3 aromatic rings. The molecule has 2 aliphatic rings. The Morgan fingerprint density at radius 2 is 2.06 bits per heavy atom. The SMILES string of the molecule is CC[C@@]1(O)C(=O)OCc2c1cc1n(c2=O)Cc2c-1nc1cc(F)c(C)cc1c2C(C)N. The zero-order chi connectivity index (χ0) is 22.2. The summed E-state index contributed by atoms with van der Waals surface area (Å²) in [6, 6.07) is 4.37. The van der Waals surface area contributed by atoms with Crippen LogP contribution in [0.3, 0.4) is 0 Å². The number of ether oxygens (including phenoxy) is 1. The summed E-state index contributed by atoms with van der Waals surface area (Å²) in [4.78, 5) is 30.3. The third kappa shape index (κ3) is 2.55. The maximum Gasteiger partial charge on any atom is 0.343 e. The number of carbonyl (C=O) groups is 1. The van der Waals surface area contributed by atoms with Gasteiger partial charge in [0.05, 0.1) is 29.0 Å². The molecule has 7 nitrogen and oxygen atoms in total. The van der Waals surface area contributed by atoms with Crippen LogP contribution in [0.4, 0.5) is 4.39 Å². The van der Waals surface area contributed by atoms with Crippen LogP contribution in [-0.4, -0.2) is 20.6 Å². The van der Waals surface area contributed by atoms with E-state index in [2.05, 4.69) is 4.98 Å². The number of aliphatic hydroxyl groups is 1. The number of cyclic esters (lactones) is 1. The number of esters is 1. The van der Waals surface area contributed by atoms with Gasteiger partial charge in [-0.3, -0.25) is 4.79 Å². The van der Waals surface area contributed by atoms with E-state index in [1.165, 1.54) is 6.07 Å². The number of hydrogen-bond acceptors (Lipinski definition) is 6. The molecule has 2 aromatic heterocycles. The molecule has 1 aromatic carbocycles. The molecule has 31 heavy (non-hydrogen) atoms. The summed E-state index contributed by atoms with van der Waals surface area (Å²) in [7, 11) is 0. The van der Waals surface area contributed by atoms with Crippen LogP contribution < -0.4 is 11.3 Å². The fraction of sp³-hybridized carbons (Fsp3) is 0.348. The molecule has 160 valence electrons. The highest BCUT2D eigenvalue weighted by molar-refractivity contribution is 5.90. The number of nitrogens with zero attached hydrogens (tertiary/aromatic N) is 2. The Morgan fingerprint density at radius 1 is 1.32 bits per heavy atom. The molecular weight excluding hydrogens is 401 g/mol. The quantitative estimate of drug-likeness (QED) is 0.480. The van der Waals surface area contributed by atoms with Gasteiger partial charge in [-0.15, -0.1) is 0 Å². The first kappa shape index (κ1) is 19.8. The number of nitrogens with two attached hydrogens (primary N) is 1. The molecule has 5 rings (SSSR count). The third-order valence-corrected chi connectivity index (χ3v) is 6.47. The summed E-state index contributed by atoms with van der Waals surface area (Å²) in [6.07, 6.45) is 0.0648. The highest BCUT2D eigenvalue weighted by atomic mass is 19.1. The second-order valence-corrected chi connectivity index (χ2v) is 8.36. The van der Waals surface area contributed by atoms with Crippen molar-refractivity contribution in [3.63, 3.8) is 0 Å².